The molecule has 0 heterocycles. The van der Waals surface area contributed by atoms with Gasteiger partial charge in [0, 0.05) is 16.8 Å². The molecule has 0 saturated heterocycles. The van der Waals surface area contributed by atoms with Crippen LogP contribution in [0, 0.1) is 0 Å². The van der Waals surface area contributed by atoms with Crippen LogP contribution in [0.5, 0.6) is 0 Å². The van der Waals surface area contributed by atoms with Crippen LogP contribution in [-0.4, -0.2) is 0 Å². The maximum atomic E-state index is 2.52. The van der Waals surface area contributed by atoms with Crippen LogP contribution in [0.15, 0.2) is 273 Å². The number of rotatable bonds is 9. The highest BCUT2D eigenvalue weighted by Crippen LogP contribution is 2.60. The molecule has 310 valence electrons. The Balaban J connectivity index is 1.09. The monoisotopic (exact) mass is 839 g/mol. The standard InChI is InChI=1S/C65H45N/c1-4-21-48(22-5-1)56-30-12-13-31-57(56)52-24-18-29-55(45-52)66(62-36-17-15-32-58(62)49-41-38-47(39-42-49)51-43-40-46-20-10-11-23-50(46)44-51)63-37-19-35-61-64(63)59-33-14-16-34-60(59)65(61,53-25-6-2-7-26-53)54-27-8-3-9-28-54/h1-45H. The highest BCUT2D eigenvalue weighted by Gasteiger charge is 2.47. The lowest BCUT2D eigenvalue weighted by Gasteiger charge is -2.34. The van der Waals surface area contributed by atoms with Crippen LogP contribution in [0.4, 0.5) is 17.1 Å². The first kappa shape index (κ1) is 39.1. The molecule has 1 nitrogen and oxygen atoms in total. The Hall–Kier alpha value is -8.52. The normalized spacial score (nSPS) is 12.4. The highest BCUT2D eigenvalue weighted by atomic mass is 15.1. The quantitative estimate of drug-likeness (QED) is 0.140. The van der Waals surface area contributed by atoms with E-state index in [1.165, 1.54) is 72.0 Å². The number of nitrogens with zero attached hydrogens (tertiary/aromatic N) is 1. The summed E-state index contributed by atoms with van der Waals surface area (Å²) in [7, 11) is 0. The van der Waals surface area contributed by atoms with E-state index >= 15 is 0 Å². The summed E-state index contributed by atoms with van der Waals surface area (Å²) in [5, 5.41) is 2.49. The number of hydrogen-bond donors (Lipinski definition) is 0. The number of para-hydroxylation sites is 1. The number of fused-ring (bicyclic) bond motifs is 4. The molecule has 1 aliphatic carbocycles. The first-order valence-electron chi connectivity index (χ1n) is 22.8. The molecule has 0 bridgehead atoms. The molecule has 0 unspecified atom stereocenters. The maximum Gasteiger partial charge on any atom is 0.0714 e. The van der Waals surface area contributed by atoms with E-state index < -0.39 is 5.41 Å². The van der Waals surface area contributed by atoms with E-state index in [2.05, 4.69) is 278 Å². The molecule has 66 heavy (non-hydrogen) atoms. The molecule has 0 atom stereocenters. The Morgan fingerprint density at radius 2 is 0.742 bits per heavy atom. The predicted molar refractivity (Wildman–Crippen MR) is 278 cm³/mol. The largest absolute Gasteiger partial charge is 0.309 e. The van der Waals surface area contributed by atoms with Crippen molar-refractivity contribution >= 4 is 27.8 Å². The highest BCUT2D eigenvalue weighted by molar-refractivity contribution is 6.00. The SMILES string of the molecule is c1ccc(-c2ccccc2-c2cccc(N(c3ccccc3-c3ccc(-c4ccc5ccccc5c4)cc3)c3cccc4c3-c3ccccc3C4(c3ccccc3)c3ccccc3)c2)cc1. The van der Waals surface area contributed by atoms with Gasteiger partial charge in [0.05, 0.1) is 16.8 Å². The van der Waals surface area contributed by atoms with Crippen molar-refractivity contribution in [3.05, 3.63) is 295 Å². The van der Waals surface area contributed by atoms with Gasteiger partial charge in [0.2, 0.25) is 0 Å². The molecule has 0 aromatic heterocycles. The summed E-state index contributed by atoms with van der Waals surface area (Å²) in [6.07, 6.45) is 0. The van der Waals surface area contributed by atoms with Crippen molar-refractivity contribution in [2.24, 2.45) is 0 Å². The molecular formula is C65H45N. The fourth-order valence-electron chi connectivity index (χ4n) is 10.6. The van der Waals surface area contributed by atoms with E-state index in [4.69, 9.17) is 0 Å². The minimum Gasteiger partial charge on any atom is -0.309 e. The molecule has 0 fully saturated rings. The molecular weight excluding hydrogens is 795 g/mol. The minimum absolute atomic E-state index is 0.537. The topological polar surface area (TPSA) is 3.24 Å². The number of benzene rings is 11. The molecule has 0 saturated carbocycles. The van der Waals surface area contributed by atoms with Gasteiger partial charge in [-0.25, -0.2) is 0 Å². The molecule has 0 aliphatic heterocycles. The summed E-state index contributed by atoms with van der Waals surface area (Å²) in [6.45, 7) is 0. The third-order valence-corrected chi connectivity index (χ3v) is 13.6. The van der Waals surface area contributed by atoms with Crippen LogP contribution >= 0.6 is 0 Å². The molecule has 11 aromatic rings. The van der Waals surface area contributed by atoms with E-state index in [-0.39, 0.29) is 0 Å². The molecule has 0 spiro atoms. The van der Waals surface area contributed by atoms with Gasteiger partial charge in [-0.3, -0.25) is 0 Å². The van der Waals surface area contributed by atoms with Gasteiger partial charge in [-0.2, -0.15) is 0 Å². The maximum absolute atomic E-state index is 2.52. The molecule has 0 amide bonds. The average molecular weight is 840 g/mol. The van der Waals surface area contributed by atoms with Gasteiger partial charge in [0.15, 0.2) is 0 Å². The Kier molecular flexibility index (Phi) is 9.81. The lowest BCUT2D eigenvalue weighted by Crippen LogP contribution is -2.28. The van der Waals surface area contributed by atoms with Crippen LogP contribution in [0.1, 0.15) is 22.3 Å². The fourth-order valence-corrected chi connectivity index (χ4v) is 10.6. The van der Waals surface area contributed by atoms with E-state index in [1.54, 1.807) is 0 Å². The smallest absolute Gasteiger partial charge is 0.0714 e. The zero-order chi connectivity index (χ0) is 43.9. The summed E-state index contributed by atoms with van der Waals surface area (Å²) in [5.41, 5.74) is 19.8. The third kappa shape index (κ3) is 6.56. The van der Waals surface area contributed by atoms with Crippen LogP contribution in [-0.2, 0) is 5.41 Å². The van der Waals surface area contributed by atoms with Gasteiger partial charge in [-0.15, -0.1) is 0 Å². The van der Waals surface area contributed by atoms with E-state index in [1.807, 2.05) is 0 Å². The lowest BCUT2D eigenvalue weighted by atomic mass is 9.68. The molecule has 1 heteroatoms. The van der Waals surface area contributed by atoms with Gasteiger partial charge in [-0.05, 0) is 108 Å². The van der Waals surface area contributed by atoms with Crippen molar-refractivity contribution in [1.82, 2.24) is 0 Å². The van der Waals surface area contributed by atoms with Gasteiger partial charge < -0.3 is 4.90 Å². The van der Waals surface area contributed by atoms with Crippen molar-refractivity contribution in [1.29, 1.82) is 0 Å². The third-order valence-electron chi connectivity index (χ3n) is 13.6. The second kappa shape index (κ2) is 16.6. The zero-order valence-electron chi connectivity index (χ0n) is 36.4. The summed E-state index contributed by atoms with van der Waals surface area (Å²) in [4.78, 5) is 2.52. The average Bonchev–Trinajstić information content (AvgIpc) is 3.71. The summed E-state index contributed by atoms with van der Waals surface area (Å²) in [6, 6.07) is 100. The lowest BCUT2D eigenvalue weighted by molar-refractivity contribution is 0.768. The van der Waals surface area contributed by atoms with E-state index in [0.717, 1.165) is 33.8 Å². The van der Waals surface area contributed by atoms with Gasteiger partial charge in [-0.1, -0.05) is 243 Å². The minimum atomic E-state index is -0.537. The molecule has 12 rings (SSSR count). The fraction of sp³-hybridized carbons (Fsp3) is 0.0154. The van der Waals surface area contributed by atoms with E-state index in [9.17, 15) is 0 Å². The van der Waals surface area contributed by atoms with Crippen LogP contribution in [0.25, 0.3) is 66.4 Å². The first-order valence-corrected chi connectivity index (χ1v) is 22.8. The van der Waals surface area contributed by atoms with Crippen molar-refractivity contribution < 1.29 is 0 Å². The summed E-state index contributed by atoms with van der Waals surface area (Å²) < 4.78 is 0. The molecule has 11 aromatic carbocycles. The Morgan fingerprint density at radius 3 is 1.47 bits per heavy atom. The van der Waals surface area contributed by atoms with E-state index in [0.29, 0.717) is 0 Å². The Bertz CT molecular complexity index is 3480. The zero-order valence-corrected chi connectivity index (χ0v) is 36.4. The molecule has 0 radical (unpaired) electrons. The van der Waals surface area contributed by atoms with Crippen molar-refractivity contribution in [3.8, 4) is 55.6 Å². The summed E-state index contributed by atoms with van der Waals surface area (Å²) >= 11 is 0. The number of anilines is 3. The van der Waals surface area contributed by atoms with Crippen LogP contribution < -0.4 is 4.90 Å². The second-order valence-electron chi connectivity index (χ2n) is 17.2. The predicted octanol–water partition coefficient (Wildman–Crippen LogP) is 17.3. The van der Waals surface area contributed by atoms with Crippen molar-refractivity contribution in [3.63, 3.8) is 0 Å². The Morgan fingerprint density at radius 1 is 0.258 bits per heavy atom. The van der Waals surface area contributed by atoms with Gasteiger partial charge in [0.25, 0.3) is 0 Å². The van der Waals surface area contributed by atoms with Crippen LogP contribution in [0.3, 0.4) is 0 Å². The Labute approximate surface area is 387 Å². The molecule has 0 N–H and O–H groups in total. The van der Waals surface area contributed by atoms with Crippen molar-refractivity contribution in [2.75, 3.05) is 4.90 Å². The summed E-state index contributed by atoms with van der Waals surface area (Å²) in [5.74, 6) is 0. The van der Waals surface area contributed by atoms with Gasteiger partial charge >= 0.3 is 0 Å². The van der Waals surface area contributed by atoms with Crippen LogP contribution in [0.2, 0.25) is 0 Å². The first-order chi connectivity index (χ1) is 32.8. The number of hydrogen-bond acceptors (Lipinski definition) is 1. The van der Waals surface area contributed by atoms with Crippen molar-refractivity contribution in [2.45, 2.75) is 5.41 Å². The molecule has 1 aliphatic rings. The van der Waals surface area contributed by atoms with Gasteiger partial charge in [0.1, 0.15) is 0 Å². The second-order valence-corrected chi connectivity index (χ2v) is 17.2.